The Kier molecular flexibility index (Phi) is 6.01. The number of nitrogens with zero attached hydrogens (tertiary/aromatic N) is 2. The number of carbonyl (C=O) groups is 1. The first-order valence-electron chi connectivity index (χ1n) is 6.57. The van der Waals surface area contributed by atoms with Gasteiger partial charge in [-0.1, -0.05) is 34.6 Å². The zero-order chi connectivity index (χ0) is 15.4. The summed E-state index contributed by atoms with van der Waals surface area (Å²) in [5, 5.41) is 9.70. The first-order chi connectivity index (χ1) is 10.1. The van der Waals surface area contributed by atoms with Crippen LogP contribution in [0.2, 0.25) is 0 Å². The van der Waals surface area contributed by atoms with Crippen LogP contribution >= 0.6 is 39.5 Å². The molecule has 114 valence electrons. The van der Waals surface area contributed by atoms with E-state index in [9.17, 15) is 4.79 Å². The number of imidazole rings is 1. The maximum Gasteiger partial charge on any atom is 0.313 e. The Morgan fingerprint density at radius 1 is 1.52 bits per heavy atom. The van der Waals surface area contributed by atoms with E-state index in [-0.39, 0.29) is 5.75 Å². The van der Waals surface area contributed by atoms with Gasteiger partial charge < -0.3 is 9.67 Å². The third-order valence-corrected chi connectivity index (χ3v) is 5.29. The number of hydrogen-bond acceptors (Lipinski definition) is 4. The van der Waals surface area contributed by atoms with Crippen molar-refractivity contribution < 1.29 is 9.90 Å². The fourth-order valence-electron chi connectivity index (χ4n) is 2.20. The molecule has 1 aromatic carbocycles. The van der Waals surface area contributed by atoms with Crippen LogP contribution in [0.1, 0.15) is 19.4 Å². The van der Waals surface area contributed by atoms with E-state index in [0.29, 0.717) is 6.04 Å². The van der Waals surface area contributed by atoms with Crippen molar-refractivity contribution in [2.75, 3.05) is 17.8 Å². The van der Waals surface area contributed by atoms with Crippen molar-refractivity contribution in [3.63, 3.8) is 0 Å². The van der Waals surface area contributed by atoms with Gasteiger partial charge in [-0.2, -0.15) is 11.8 Å². The lowest BCUT2D eigenvalue weighted by molar-refractivity contribution is -0.133. The third kappa shape index (κ3) is 3.96. The maximum absolute atomic E-state index is 10.8. The fraction of sp³-hybridized carbons (Fsp3) is 0.429. The minimum Gasteiger partial charge on any atom is -0.481 e. The van der Waals surface area contributed by atoms with Crippen molar-refractivity contribution in [3.8, 4) is 0 Å². The van der Waals surface area contributed by atoms with E-state index in [1.807, 2.05) is 18.2 Å². The highest BCUT2D eigenvalue weighted by molar-refractivity contribution is 9.10. The van der Waals surface area contributed by atoms with E-state index in [1.165, 1.54) is 11.8 Å². The van der Waals surface area contributed by atoms with Gasteiger partial charge in [0.15, 0.2) is 5.16 Å². The van der Waals surface area contributed by atoms with E-state index in [4.69, 9.17) is 5.11 Å². The molecule has 1 aromatic heterocycles. The summed E-state index contributed by atoms with van der Waals surface area (Å²) in [7, 11) is 0. The molecule has 1 atom stereocenters. The SMILES string of the molecule is CCC(CSC)n1c(SCC(=O)O)nc2cc(Br)ccc21. The molecule has 0 aliphatic rings. The molecule has 21 heavy (non-hydrogen) atoms. The van der Waals surface area contributed by atoms with Gasteiger partial charge in [-0.05, 0) is 30.9 Å². The highest BCUT2D eigenvalue weighted by Crippen LogP contribution is 2.31. The van der Waals surface area contributed by atoms with Gasteiger partial charge in [0, 0.05) is 16.3 Å². The summed E-state index contributed by atoms with van der Waals surface area (Å²) >= 11 is 6.54. The molecule has 0 aliphatic heterocycles. The normalized spacial score (nSPS) is 12.7. The number of fused-ring (bicyclic) bond motifs is 1. The molecular formula is C14H17BrN2O2S2. The Labute approximate surface area is 140 Å². The van der Waals surface area contributed by atoms with Gasteiger partial charge >= 0.3 is 5.97 Å². The molecule has 2 aromatic rings. The standard InChI is InChI=1S/C14H17BrN2O2S2/c1-3-10(7-20-2)17-12-5-4-9(15)6-11(12)16-14(17)21-8-13(18)19/h4-6,10H,3,7-8H2,1-2H3,(H,18,19). The second kappa shape index (κ2) is 7.56. The topological polar surface area (TPSA) is 55.1 Å². The Morgan fingerprint density at radius 3 is 2.90 bits per heavy atom. The van der Waals surface area contributed by atoms with Crippen molar-refractivity contribution >= 4 is 56.5 Å². The van der Waals surface area contributed by atoms with E-state index in [2.05, 4.69) is 38.7 Å². The number of benzene rings is 1. The van der Waals surface area contributed by atoms with E-state index >= 15 is 0 Å². The Balaban J connectivity index is 2.50. The average Bonchev–Trinajstić information content (AvgIpc) is 2.79. The number of halogens is 1. The summed E-state index contributed by atoms with van der Waals surface area (Å²) in [6.07, 6.45) is 3.07. The second-order valence-electron chi connectivity index (χ2n) is 4.60. The second-order valence-corrected chi connectivity index (χ2v) is 7.37. The van der Waals surface area contributed by atoms with Crippen LogP contribution in [-0.2, 0) is 4.79 Å². The summed E-state index contributed by atoms with van der Waals surface area (Å²) in [5.74, 6) is 0.191. The van der Waals surface area contributed by atoms with Crippen LogP contribution < -0.4 is 0 Å². The van der Waals surface area contributed by atoms with Crippen molar-refractivity contribution in [2.24, 2.45) is 0 Å². The molecule has 2 rings (SSSR count). The Morgan fingerprint density at radius 2 is 2.29 bits per heavy atom. The van der Waals surface area contributed by atoms with E-state index in [0.717, 1.165) is 32.8 Å². The van der Waals surface area contributed by atoms with Crippen LogP contribution in [0.4, 0.5) is 0 Å². The molecule has 0 saturated heterocycles. The van der Waals surface area contributed by atoms with Gasteiger partial charge in [0.2, 0.25) is 0 Å². The summed E-state index contributed by atoms with van der Waals surface area (Å²) in [4.78, 5) is 15.5. The van der Waals surface area contributed by atoms with Crippen molar-refractivity contribution in [1.82, 2.24) is 9.55 Å². The lowest BCUT2D eigenvalue weighted by Crippen LogP contribution is -2.12. The molecule has 0 saturated carbocycles. The van der Waals surface area contributed by atoms with Crippen LogP contribution in [0.3, 0.4) is 0 Å². The van der Waals surface area contributed by atoms with Crippen LogP contribution in [-0.4, -0.2) is 38.4 Å². The molecule has 1 unspecified atom stereocenters. The molecular weight excluding hydrogens is 372 g/mol. The Hall–Kier alpha value is -0.660. The quantitative estimate of drug-likeness (QED) is 0.716. The number of thioether (sulfide) groups is 2. The average molecular weight is 389 g/mol. The molecule has 1 heterocycles. The van der Waals surface area contributed by atoms with E-state index in [1.54, 1.807) is 11.8 Å². The predicted octanol–water partition coefficient (Wildman–Crippen LogP) is 4.29. The summed E-state index contributed by atoms with van der Waals surface area (Å²) < 4.78 is 3.17. The van der Waals surface area contributed by atoms with Crippen LogP contribution in [0.25, 0.3) is 11.0 Å². The van der Waals surface area contributed by atoms with Crippen LogP contribution in [0.5, 0.6) is 0 Å². The molecule has 0 aliphatic carbocycles. The number of rotatable bonds is 7. The molecule has 0 radical (unpaired) electrons. The summed E-state index contributed by atoms with van der Waals surface area (Å²) in [6, 6.07) is 6.34. The zero-order valence-corrected chi connectivity index (χ0v) is 15.1. The Bertz CT molecular complexity index is 645. The van der Waals surface area contributed by atoms with Crippen molar-refractivity contribution in [1.29, 1.82) is 0 Å². The van der Waals surface area contributed by atoms with Crippen LogP contribution in [0, 0.1) is 0 Å². The van der Waals surface area contributed by atoms with Gasteiger partial charge in [0.25, 0.3) is 0 Å². The first-order valence-corrected chi connectivity index (χ1v) is 9.75. The van der Waals surface area contributed by atoms with Gasteiger partial charge in [0.05, 0.1) is 16.8 Å². The number of aromatic nitrogens is 2. The minimum atomic E-state index is -0.822. The van der Waals surface area contributed by atoms with Crippen molar-refractivity contribution in [2.45, 2.75) is 24.5 Å². The molecule has 1 N–H and O–H groups in total. The number of aliphatic carboxylic acids is 1. The molecule has 0 bridgehead atoms. The van der Waals surface area contributed by atoms with Crippen LogP contribution in [0.15, 0.2) is 27.8 Å². The fourth-order valence-corrected chi connectivity index (χ4v) is 4.12. The number of carboxylic acids is 1. The maximum atomic E-state index is 10.8. The molecule has 0 spiro atoms. The lowest BCUT2D eigenvalue weighted by Gasteiger charge is -2.19. The monoisotopic (exact) mass is 388 g/mol. The predicted molar refractivity (Wildman–Crippen MR) is 93.5 cm³/mol. The van der Waals surface area contributed by atoms with Crippen molar-refractivity contribution in [3.05, 3.63) is 22.7 Å². The number of hydrogen-bond donors (Lipinski definition) is 1. The molecule has 0 fully saturated rings. The summed E-state index contributed by atoms with van der Waals surface area (Å²) in [5.41, 5.74) is 1.96. The largest absolute Gasteiger partial charge is 0.481 e. The van der Waals surface area contributed by atoms with Gasteiger partial charge in [-0.15, -0.1) is 0 Å². The van der Waals surface area contributed by atoms with Gasteiger partial charge in [0.1, 0.15) is 0 Å². The van der Waals surface area contributed by atoms with Gasteiger partial charge in [-0.3, -0.25) is 4.79 Å². The minimum absolute atomic E-state index is 0.0280. The summed E-state index contributed by atoms with van der Waals surface area (Å²) in [6.45, 7) is 2.15. The zero-order valence-electron chi connectivity index (χ0n) is 11.9. The highest BCUT2D eigenvalue weighted by Gasteiger charge is 2.19. The third-order valence-electron chi connectivity index (χ3n) is 3.14. The number of carboxylic acid groups (broad SMARTS) is 1. The van der Waals surface area contributed by atoms with E-state index < -0.39 is 5.97 Å². The first kappa shape index (κ1) is 16.7. The molecule has 7 heteroatoms. The smallest absolute Gasteiger partial charge is 0.313 e. The van der Waals surface area contributed by atoms with Gasteiger partial charge in [-0.25, -0.2) is 4.98 Å². The molecule has 0 amide bonds. The highest BCUT2D eigenvalue weighted by atomic mass is 79.9. The molecule has 4 nitrogen and oxygen atoms in total. The lowest BCUT2D eigenvalue weighted by atomic mass is 10.2.